The Morgan fingerprint density at radius 1 is 1.03 bits per heavy atom. The van der Waals surface area contributed by atoms with Crippen molar-refractivity contribution in [3.8, 4) is 0 Å². The highest BCUT2D eigenvalue weighted by Crippen LogP contribution is 2.24. The second-order valence-electron chi connectivity index (χ2n) is 7.85. The van der Waals surface area contributed by atoms with E-state index in [0.717, 1.165) is 5.56 Å². The van der Waals surface area contributed by atoms with Crippen LogP contribution in [0.1, 0.15) is 29.8 Å². The van der Waals surface area contributed by atoms with Gasteiger partial charge in [-0.3, -0.25) is 4.79 Å². The van der Waals surface area contributed by atoms with Crippen LogP contribution in [0, 0.1) is 0 Å². The fourth-order valence-corrected chi connectivity index (χ4v) is 5.48. The van der Waals surface area contributed by atoms with Crippen LogP contribution in [-0.2, 0) is 30.7 Å². The van der Waals surface area contributed by atoms with Crippen molar-refractivity contribution in [2.45, 2.75) is 43.5 Å². The van der Waals surface area contributed by atoms with Crippen molar-refractivity contribution < 1.29 is 27.5 Å². The van der Waals surface area contributed by atoms with Gasteiger partial charge in [-0.15, -0.1) is 0 Å². The summed E-state index contributed by atoms with van der Waals surface area (Å²) in [6, 6.07) is 13.0. The molecule has 0 unspecified atom stereocenters. The lowest BCUT2D eigenvalue weighted by Crippen LogP contribution is -2.48. The molecule has 2 aromatic rings. The molecule has 1 N–H and O–H groups in total. The molecule has 164 valence electrons. The first-order valence-electron chi connectivity index (χ1n) is 10.1. The molecule has 2 aliphatic rings. The summed E-state index contributed by atoms with van der Waals surface area (Å²) < 4.78 is 38.2. The molecule has 0 aromatic heterocycles. The van der Waals surface area contributed by atoms with E-state index in [-0.39, 0.29) is 23.5 Å². The van der Waals surface area contributed by atoms with Gasteiger partial charge in [0.25, 0.3) is 5.91 Å². The number of cyclic esters (lactones) is 1. The van der Waals surface area contributed by atoms with Crippen molar-refractivity contribution >= 4 is 27.6 Å². The molecule has 4 rings (SSSR count). The number of sulfonamides is 1. The van der Waals surface area contributed by atoms with Crippen molar-refractivity contribution in [1.29, 1.82) is 0 Å². The minimum absolute atomic E-state index is 0.143. The first kappa shape index (κ1) is 21.5. The molecule has 0 spiro atoms. The smallest absolute Gasteiger partial charge is 0.339 e. The van der Waals surface area contributed by atoms with Crippen LogP contribution in [0.15, 0.2) is 53.4 Å². The van der Waals surface area contributed by atoms with Crippen LogP contribution in [0.25, 0.3) is 0 Å². The zero-order valence-electron chi connectivity index (χ0n) is 17.3. The normalized spacial score (nSPS) is 24.2. The van der Waals surface area contributed by atoms with Gasteiger partial charge < -0.3 is 14.8 Å². The number of ether oxygens (including phenoxy) is 2. The van der Waals surface area contributed by atoms with E-state index in [0.29, 0.717) is 24.3 Å². The van der Waals surface area contributed by atoms with Crippen molar-refractivity contribution in [3.05, 3.63) is 59.7 Å². The van der Waals surface area contributed by atoms with Crippen molar-refractivity contribution in [2.24, 2.45) is 0 Å². The summed E-state index contributed by atoms with van der Waals surface area (Å²) in [5.74, 6) is -0.994. The van der Waals surface area contributed by atoms with E-state index in [1.165, 1.54) is 28.6 Å². The fraction of sp³-hybridized carbons (Fsp3) is 0.364. The highest BCUT2D eigenvalue weighted by Gasteiger charge is 2.33. The summed E-state index contributed by atoms with van der Waals surface area (Å²) >= 11 is 0. The Morgan fingerprint density at radius 2 is 1.68 bits per heavy atom. The molecule has 2 aromatic carbocycles. The summed E-state index contributed by atoms with van der Waals surface area (Å²) in [6.07, 6.45) is -1.02. The highest BCUT2D eigenvalue weighted by atomic mass is 32.2. The zero-order valence-corrected chi connectivity index (χ0v) is 18.1. The van der Waals surface area contributed by atoms with E-state index < -0.39 is 28.0 Å². The molecule has 31 heavy (non-hydrogen) atoms. The van der Waals surface area contributed by atoms with Gasteiger partial charge in [0.1, 0.15) is 0 Å². The first-order valence-corrected chi connectivity index (χ1v) is 11.5. The average molecular weight is 445 g/mol. The molecular formula is C22H24N2O6S. The van der Waals surface area contributed by atoms with Gasteiger partial charge in [0, 0.05) is 25.2 Å². The van der Waals surface area contributed by atoms with Gasteiger partial charge in [-0.2, -0.15) is 4.31 Å². The lowest BCUT2D eigenvalue weighted by Gasteiger charge is -2.34. The molecule has 2 heterocycles. The van der Waals surface area contributed by atoms with Crippen LogP contribution in [0.4, 0.5) is 5.69 Å². The van der Waals surface area contributed by atoms with Gasteiger partial charge in [-0.05, 0) is 49.7 Å². The molecule has 3 atom stereocenters. The summed E-state index contributed by atoms with van der Waals surface area (Å²) in [4.78, 5) is 24.9. The number of amides is 1. The maximum absolute atomic E-state index is 12.9. The minimum Gasteiger partial charge on any atom is -0.448 e. The third kappa shape index (κ3) is 4.48. The fourth-order valence-electron chi connectivity index (χ4n) is 3.89. The van der Waals surface area contributed by atoms with Crippen molar-refractivity contribution in [1.82, 2.24) is 4.31 Å². The van der Waals surface area contributed by atoms with Gasteiger partial charge >= 0.3 is 5.97 Å². The summed E-state index contributed by atoms with van der Waals surface area (Å²) in [6.45, 7) is 4.26. The first-order chi connectivity index (χ1) is 14.7. The molecule has 0 aliphatic carbocycles. The standard InChI is InChI=1S/C22H24N2O6S/c1-14-12-24(13-15(2)29-14)31(27,28)18-9-7-17(8-10-18)23-21(25)20-11-16-5-3-4-6-19(16)22(26)30-20/h3-10,14-15,20H,11-13H2,1-2H3,(H,23,25)/t14-,15+,20-/m0/s1. The van der Waals surface area contributed by atoms with Crippen LogP contribution in [0.2, 0.25) is 0 Å². The Balaban J connectivity index is 1.44. The molecular weight excluding hydrogens is 420 g/mol. The lowest BCUT2D eigenvalue weighted by atomic mass is 9.98. The SMILES string of the molecule is C[C@@H]1CN(S(=O)(=O)c2ccc(NC(=O)[C@@H]3Cc4ccccc4C(=O)O3)cc2)C[C@H](C)O1. The van der Waals surface area contributed by atoms with E-state index in [1.807, 2.05) is 19.9 Å². The summed E-state index contributed by atoms with van der Waals surface area (Å²) in [7, 11) is -3.66. The molecule has 0 radical (unpaired) electrons. The Hall–Kier alpha value is -2.75. The molecule has 1 fully saturated rings. The number of anilines is 1. The largest absolute Gasteiger partial charge is 0.448 e. The Labute approximate surface area is 181 Å². The predicted octanol–water partition coefficient (Wildman–Crippen LogP) is 2.20. The van der Waals surface area contributed by atoms with Gasteiger partial charge in [0.05, 0.1) is 22.7 Å². The second-order valence-corrected chi connectivity index (χ2v) is 9.79. The average Bonchev–Trinajstić information content (AvgIpc) is 2.73. The van der Waals surface area contributed by atoms with Crippen molar-refractivity contribution in [2.75, 3.05) is 18.4 Å². The number of nitrogens with zero attached hydrogens (tertiary/aromatic N) is 1. The second kappa shape index (κ2) is 8.41. The maximum Gasteiger partial charge on any atom is 0.339 e. The van der Waals surface area contributed by atoms with Crippen LogP contribution >= 0.6 is 0 Å². The number of benzene rings is 2. The minimum atomic E-state index is -3.66. The number of hydrogen-bond donors (Lipinski definition) is 1. The zero-order chi connectivity index (χ0) is 22.2. The Kier molecular flexibility index (Phi) is 5.83. The molecule has 9 heteroatoms. The monoisotopic (exact) mass is 444 g/mol. The lowest BCUT2D eigenvalue weighted by molar-refractivity contribution is -0.125. The quantitative estimate of drug-likeness (QED) is 0.726. The van der Waals surface area contributed by atoms with E-state index in [4.69, 9.17) is 9.47 Å². The van der Waals surface area contributed by atoms with Gasteiger partial charge in [0.15, 0.2) is 6.10 Å². The van der Waals surface area contributed by atoms with Crippen LogP contribution < -0.4 is 5.32 Å². The summed E-state index contributed by atoms with van der Waals surface area (Å²) in [5.41, 5.74) is 1.64. The van der Waals surface area contributed by atoms with Crippen LogP contribution in [-0.4, -0.2) is 56.0 Å². The molecule has 0 saturated carbocycles. The molecule has 8 nitrogen and oxygen atoms in total. The number of hydrogen-bond acceptors (Lipinski definition) is 6. The highest BCUT2D eigenvalue weighted by molar-refractivity contribution is 7.89. The van der Waals surface area contributed by atoms with Crippen LogP contribution in [0.5, 0.6) is 0 Å². The maximum atomic E-state index is 12.9. The number of carbonyl (C=O) groups excluding carboxylic acids is 2. The topological polar surface area (TPSA) is 102 Å². The van der Waals surface area contributed by atoms with Crippen LogP contribution in [0.3, 0.4) is 0 Å². The van der Waals surface area contributed by atoms with Crippen molar-refractivity contribution in [3.63, 3.8) is 0 Å². The van der Waals surface area contributed by atoms with Gasteiger partial charge in [-0.1, -0.05) is 18.2 Å². The van der Waals surface area contributed by atoms with Gasteiger partial charge in [0.2, 0.25) is 10.0 Å². The number of rotatable bonds is 4. The Bertz CT molecular complexity index is 1090. The van der Waals surface area contributed by atoms with E-state index in [1.54, 1.807) is 18.2 Å². The van der Waals surface area contributed by atoms with E-state index >= 15 is 0 Å². The molecule has 2 aliphatic heterocycles. The molecule has 0 bridgehead atoms. The molecule has 1 saturated heterocycles. The van der Waals surface area contributed by atoms with E-state index in [2.05, 4.69) is 5.32 Å². The number of fused-ring (bicyclic) bond motifs is 1. The Morgan fingerprint density at radius 3 is 2.35 bits per heavy atom. The van der Waals surface area contributed by atoms with Gasteiger partial charge in [-0.25, -0.2) is 13.2 Å². The predicted molar refractivity (Wildman–Crippen MR) is 113 cm³/mol. The number of nitrogens with one attached hydrogen (secondary N) is 1. The van der Waals surface area contributed by atoms with E-state index in [9.17, 15) is 18.0 Å². The number of morpholine rings is 1. The third-order valence-corrected chi connectivity index (χ3v) is 7.18. The number of carbonyl (C=O) groups is 2. The summed E-state index contributed by atoms with van der Waals surface area (Å²) in [5, 5.41) is 2.69. The molecule has 1 amide bonds. The third-order valence-electron chi connectivity index (χ3n) is 5.33. The number of esters is 1.